The van der Waals surface area contributed by atoms with E-state index in [-0.39, 0.29) is 16.4 Å². The van der Waals surface area contributed by atoms with Gasteiger partial charge in [0.25, 0.3) is 11.6 Å². The summed E-state index contributed by atoms with van der Waals surface area (Å²) in [6.45, 7) is 0. The number of nitrogens with one attached hydrogen (secondary N) is 2. The van der Waals surface area contributed by atoms with Gasteiger partial charge < -0.3 is 5.32 Å². The van der Waals surface area contributed by atoms with Crippen molar-refractivity contribution in [2.24, 2.45) is 0 Å². The van der Waals surface area contributed by atoms with Crippen molar-refractivity contribution in [3.63, 3.8) is 0 Å². The summed E-state index contributed by atoms with van der Waals surface area (Å²) < 4.78 is 1.02. The second kappa shape index (κ2) is 9.17. The third-order valence-corrected chi connectivity index (χ3v) is 6.27. The largest absolute Gasteiger partial charge is 0.331 e. The normalized spacial score (nSPS) is 10.7. The lowest BCUT2D eigenvalue weighted by Crippen LogP contribution is -2.34. The zero-order valence-corrected chi connectivity index (χ0v) is 19.1. The highest BCUT2D eigenvalue weighted by Gasteiger charge is 2.16. The predicted octanol–water partition coefficient (Wildman–Crippen LogP) is 6.31. The summed E-state index contributed by atoms with van der Waals surface area (Å²) in [6.07, 6.45) is 0. The van der Waals surface area contributed by atoms with Crippen molar-refractivity contribution in [3.05, 3.63) is 86.4 Å². The lowest BCUT2D eigenvalue weighted by atomic mass is 10.2. The summed E-state index contributed by atoms with van der Waals surface area (Å²) in [7, 11) is 0. The standard InChI is InChI=1S/C21H12Cl2N4O3S2/c22-14-10-15(23)17(9-13(14)20-24-16-6-1-2-7-18(16)32-20)25-21(31)26-19(28)11-4-3-5-12(8-11)27(29)30/h1-10H,(H2,25,26,28,31). The van der Waals surface area contributed by atoms with Crippen LogP contribution in [0.2, 0.25) is 10.0 Å². The molecule has 3 aromatic carbocycles. The average Bonchev–Trinajstić information content (AvgIpc) is 3.19. The van der Waals surface area contributed by atoms with Crippen LogP contribution in [0.25, 0.3) is 20.8 Å². The molecule has 2 N–H and O–H groups in total. The van der Waals surface area contributed by atoms with E-state index in [0.29, 0.717) is 26.3 Å². The molecule has 0 atom stereocenters. The topological polar surface area (TPSA) is 97.2 Å². The maximum absolute atomic E-state index is 12.4. The zero-order valence-electron chi connectivity index (χ0n) is 16.0. The number of nitro groups is 1. The molecule has 0 spiro atoms. The number of aromatic nitrogens is 1. The van der Waals surface area contributed by atoms with Crippen LogP contribution in [-0.4, -0.2) is 20.9 Å². The lowest BCUT2D eigenvalue weighted by Gasteiger charge is -2.13. The van der Waals surface area contributed by atoms with Crippen LogP contribution in [0, 0.1) is 10.1 Å². The molecule has 160 valence electrons. The molecule has 1 heterocycles. The fraction of sp³-hybridized carbons (Fsp3) is 0. The number of carbonyl (C=O) groups is 1. The Kier molecular flexibility index (Phi) is 6.33. The number of thiazole rings is 1. The number of halogens is 2. The van der Waals surface area contributed by atoms with Crippen LogP contribution in [0.15, 0.2) is 60.7 Å². The summed E-state index contributed by atoms with van der Waals surface area (Å²) in [4.78, 5) is 27.4. The zero-order chi connectivity index (χ0) is 22.8. The summed E-state index contributed by atoms with van der Waals surface area (Å²) >= 11 is 19.4. The molecule has 0 aliphatic heterocycles. The number of nitro benzene ring substituents is 1. The van der Waals surface area contributed by atoms with Gasteiger partial charge in [-0.25, -0.2) is 4.98 Å². The van der Waals surface area contributed by atoms with E-state index in [1.54, 1.807) is 12.1 Å². The first kappa shape index (κ1) is 22.1. The highest BCUT2D eigenvalue weighted by molar-refractivity contribution is 7.80. The van der Waals surface area contributed by atoms with Crippen LogP contribution in [0.1, 0.15) is 10.4 Å². The number of rotatable bonds is 4. The van der Waals surface area contributed by atoms with E-state index >= 15 is 0 Å². The summed E-state index contributed by atoms with van der Waals surface area (Å²) in [5.41, 5.74) is 1.84. The third kappa shape index (κ3) is 4.71. The van der Waals surface area contributed by atoms with Gasteiger partial charge in [-0.05, 0) is 42.5 Å². The molecule has 0 saturated carbocycles. The summed E-state index contributed by atoms with van der Waals surface area (Å²) in [5.74, 6) is -0.595. The molecule has 32 heavy (non-hydrogen) atoms. The summed E-state index contributed by atoms with van der Waals surface area (Å²) in [5, 5.41) is 17.7. The van der Waals surface area contributed by atoms with Crippen molar-refractivity contribution in [1.82, 2.24) is 10.3 Å². The molecule has 0 aliphatic carbocycles. The molecule has 0 saturated heterocycles. The Morgan fingerprint density at radius 2 is 1.84 bits per heavy atom. The first-order valence-electron chi connectivity index (χ1n) is 9.03. The van der Waals surface area contributed by atoms with Gasteiger partial charge >= 0.3 is 0 Å². The van der Waals surface area contributed by atoms with Gasteiger partial charge in [-0.2, -0.15) is 0 Å². The van der Waals surface area contributed by atoms with Crippen molar-refractivity contribution in [1.29, 1.82) is 0 Å². The predicted molar refractivity (Wildman–Crippen MR) is 132 cm³/mol. The average molecular weight is 503 g/mol. The second-order valence-corrected chi connectivity index (χ2v) is 8.77. The molecule has 4 rings (SSSR count). The van der Waals surface area contributed by atoms with Crippen LogP contribution >= 0.6 is 46.8 Å². The monoisotopic (exact) mass is 502 g/mol. The number of hydrogen-bond donors (Lipinski definition) is 2. The van der Waals surface area contributed by atoms with E-state index in [2.05, 4.69) is 15.6 Å². The van der Waals surface area contributed by atoms with E-state index < -0.39 is 10.8 Å². The fourth-order valence-electron chi connectivity index (χ4n) is 2.89. The number of hydrogen-bond acceptors (Lipinski definition) is 6. The van der Waals surface area contributed by atoms with Gasteiger partial charge in [-0.15, -0.1) is 11.3 Å². The molecule has 0 bridgehead atoms. The minimum absolute atomic E-state index is 0.0269. The minimum Gasteiger partial charge on any atom is -0.331 e. The number of non-ortho nitro benzene ring substituents is 1. The number of para-hydroxylation sites is 1. The fourth-order valence-corrected chi connectivity index (χ4v) is 4.66. The Morgan fingerprint density at radius 1 is 1.06 bits per heavy atom. The van der Waals surface area contributed by atoms with Crippen molar-refractivity contribution < 1.29 is 9.72 Å². The van der Waals surface area contributed by atoms with Gasteiger partial charge in [0.15, 0.2) is 5.11 Å². The molecule has 1 aromatic heterocycles. The van der Waals surface area contributed by atoms with Gasteiger partial charge in [0.1, 0.15) is 5.01 Å². The maximum Gasteiger partial charge on any atom is 0.270 e. The molecule has 4 aromatic rings. The number of carbonyl (C=O) groups excluding carboxylic acids is 1. The van der Waals surface area contributed by atoms with Crippen LogP contribution in [0.5, 0.6) is 0 Å². The number of anilines is 1. The van der Waals surface area contributed by atoms with Crippen molar-refractivity contribution >= 4 is 79.4 Å². The van der Waals surface area contributed by atoms with Crippen LogP contribution in [-0.2, 0) is 0 Å². The molecule has 0 radical (unpaired) electrons. The lowest BCUT2D eigenvalue weighted by molar-refractivity contribution is -0.384. The van der Waals surface area contributed by atoms with Crippen molar-refractivity contribution in [3.8, 4) is 10.6 Å². The second-order valence-electron chi connectivity index (χ2n) is 6.51. The van der Waals surface area contributed by atoms with E-state index in [9.17, 15) is 14.9 Å². The summed E-state index contributed by atoms with van der Waals surface area (Å²) in [6, 6.07) is 16.3. The molecule has 7 nitrogen and oxygen atoms in total. The first-order chi connectivity index (χ1) is 15.3. The number of nitrogens with zero attached hydrogens (tertiary/aromatic N) is 2. The molecule has 0 aliphatic rings. The van der Waals surface area contributed by atoms with Gasteiger partial charge in [0, 0.05) is 23.3 Å². The SMILES string of the molecule is O=C(NC(=S)Nc1cc(-c2nc3ccccc3s2)c(Cl)cc1Cl)c1cccc([N+](=O)[O-])c1. The molecule has 0 unspecified atom stereocenters. The van der Waals surface area contributed by atoms with Gasteiger partial charge in [-0.1, -0.05) is 41.4 Å². The smallest absolute Gasteiger partial charge is 0.270 e. The Balaban J connectivity index is 1.55. The van der Waals surface area contributed by atoms with Gasteiger partial charge in [-0.3, -0.25) is 20.2 Å². The van der Waals surface area contributed by atoms with E-state index in [1.165, 1.54) is 35.6 Å². The van der Waals surface area contributed by atoms with Crippen LogP contribution in [0.3, 0.4) is 0 Å². The van der Waals surface area contributed by atoms with Gasteiger partial charge in [0.05, 0.1) is 30.9 Å². The Hall–Kier alpha value is -3.11. The van der Waals surface area contributed by atoms with Crippen LogP contribution < -0.4 is 10.6 Å². The molecular weight excluding hydrogens is 491 g/mol. The number of thiocarbonyl (C=S) groups is 1. The number of amides is 1. The number of benzene rings is 3. The quantitative estimate of drug-likeness (QED) is 0.193. The van der Waals surface area contributed by atoms with Crippen LogP contribution in [0.4, 0.5) is 11.4 Å². The molecule has 11 heteroatoms. The molecule has 1 amide bonds. The highest BCUT2D eigenvalue weighted by atomic mass is 35.5. The van der Waals surface area contributed by atoms with E-state index in [4.69, 9.17) is 35.4 Å². The maximum atomic E-state index is 12.4. The minimum atomic E-state index is -0.595. The first-order valence-corrected chi connectivity index (χ1v) is 11.0. The third-order valence-electron chi connectivity index (χ3n) is 4.38. The molecular formula is C21H12Cl2N4O3S2. The number of fused-ring (bicyclic) bond motifs is 1. The van der Waals surface area contributed by atoms with E-state index in [1.807, 2.05) is 24.3 Å². The van der Waals surface area contributed by atoms with Crippen molar-refractivity contribution in [2.45, 2.75) is 0 Å². The highest BCUT2D eigenvalue weighted by Crippen LogP contribution is 2.38. The Bertz CT molecular complexity index is 1360. The van der Waals surface area contributed by atoms with Gasteiger partial charge in [0.2, 0.25) is 0 Å². The Morgan fingerprint density at radius 3 is 2.59 bits per heavy atom. The van der Waals surface area contributed by atoms with E-state index in [0.717, 1.165) is 10.2 Å². The van der Waals surface area contributed by atoms with Crippen molar-refractivity contribution in [2.75, 3.05) is 5.32 Å². The Labute approximate surface area is 201 Å². The molecule has 0 fully saturated rings.